The Bertz CT molecular complexity index is 1150. The Labute approximate surface area is 165 Å². The molecule has 0 bridgehead atoms. The molecule has 0 aliphatic rings. The van der Waals surface area contributed by atoms with Crippen LogP contribution in [-0.4, -0.2) is 9.97 Å². The van der Waals surface area contributed by atoms with Crippen molar-refractivity contribution in [2.24, 2.45) is 0 Å². The smallest absolute Gasteiger partial charge is 0.161 e. The van der Waals surface area contributed by atoms with Gasteiger partial charge in [0.25, 0.3) is 0 Å². The van der Waals surface area contributed by atoms with E-state index in [0.29, 0.717) is 11.0 Å². The first kappa shape index (κ1) is 16.8. The summed E-state index contributed by atoms with van der Waals surface area (Å²) in [5.41, 5.74) is 3.42. The molecule has 1 aromatic heterocycles. The molecule has 26 heavy (non-hydrogen) atoms. The van der Waals surface area contributed by atoms with Crippen molar-refractivity contribution in [3.05, 3.63) is 93.5 Å². The van der Waals surface area contributed by atoms with Crippen molar-refractivity contribution in [1.82, 2.24) is 9.97 Å². The van der Waals surface area contributed by atoms with Crippen LogP contribution in [-0.2, 0) is 0 Å². The van der Waals surface area contributed by atoms with Crippen LogP contribution in [0.4, 0.5) is 0 Å². The molecule has 4 rings (SSSR count). The molecule has 0 aliphatic carbocycles. The normalized spacial score (nSPS) is 10.4. The Morgan fingerprint density at radius 3 is 2.23 bits per heavy atom. The first-order valence-electron chi connectivity index (χ1n) is 8.00. The van der Waals surface area contributed by atoms with Gasteiger partial charge < -0.3 is 0 Å². The Morgan fingerprint density at radius 1 is 0.808 bits per heavy atom. The van der Waals surface area contributed by atoms with E-state index in [2.05, 4.69) is 32.8 Å². The predicted octanol–water partition coefficient (Wildman–Crippen LogP) is 6.11. The number of rotatable bonds is 1. The molecule has 0 spiro atoms. The maximum absolute atomic E-state index is 6.45. The van der Waals surface area contributed by atoms with E-state index in [1.54, 1.807) is 0 Å². The summed E-state index contributed by atoms with van der Waals surface area (Å²) in [6, 6.07) is 23.5. The zero-order valence-corrected chi connectivity index (χ0v) is 15.9. The standard InChI is InChI=1S/C22H12BrClN2/c23-18-13-17(12-11-15-7-3-1-4-8-15)20-19(14-18)21(24)26-22(25-20)16-9-5-2-6-10-16/h1-10,13-14H. The predicted molar refractivity (Wildman–Crippen MR) is 110 cm³/mol. The minimum atomic E-state index is 0.415. The van der Waals surface area contributed by atoms with E-state index in [9.17, 15) is 0 Å². The molecule has 0 atom stereocenters. The van der Waals surface area contributed by atoms with Crippen molar-refractivity contribution in [2.45, 2.75) is 0 Å². The summed E-state index contributed by atoms with van der Waals surface area (Å²) in [6.45, 7) is 0. The molecule has 0 radical (unpaired) electrons. The van der Waals surface area contributed by atoms with Crippen LogP contribution in [0.15, 0.2) is 77.3 Å². The largest absolute Gasteiger partial charge is 0.227 e. The van der Waals surface area contributed by atoms with Crippen molar-refractivity contribution in [3.63, 3.8) is 0 Å². The summed E-state index contributed by atoms with van der Waals surface area (Å²) in [7, 11) is 0. The number of nitrogens with zero attached hydrogens (tertiary/aromatic N) is 2. The average molecular weight is 420 g/mol. The van der Waals surface area contributed by atoms with Gasteiger partial charge in [0.2, 0.25) is 0 Å². The van der Waals surface area contributed by atoms with Crippen LogP contribution in [0.1, 0.15) is 11.1 Å². The topological polar surface area (TPSA) is 25.8 Å². The molecule has 0 aliphatic heterocycles. The van der Waals surface area contributed by atoms with E-state index in [4.69, 9.17) is 16.6 Å². The fourth-order valence-electron chi connectivity index (χ4n) is 2.63. The summed E-state index contributed by atoms with van der Waals surface area (Å²) in [4.78, 5) is 9.20. The molecule has 0 N–H and O–H groups in total. The lowest BCUT2D eigenvalue weighted by atomic mass is 10.1. The van der Waals surface area contributed by atoms with Crippen molar-refractivity contribution in [1.29, 1.82) is 0 Å². The van der Waals surface area contributed by atoms with E-state index in [1.165, 1.54) is 0 Å². The van der Waals surface area contributed by atoms with Crippen LogP contribution in [0.25, 0.3) is 22.3 Å². The second-order valence-electron chi connectivity index (χ2n) is 5.67. The van der Waals surface area contributed by atoms with Gasteiger partial charge in [0.05, 0.1) is 11.1 Å². The van der Waals surface area contributed by atoms with Crippen molar-refractivity contribution in [3.8, 4) is 23.2 Å². The molecule has 1 heterocycles. The molecule has 0 saturated heterocycles. The fourth-order valence-corrected chi connectivity index (χ4v) is 3.32. The number of benzene rings is 3. The molecule has 3 aromatic carbocycles. The molecule has 0 fully saturated rings. The Morgan fingerprint density at radius 2 is 1.50 bits per heavy atom. The van der Waals surface area contributed by atoms with Gasteiger partial charge in [0.15, 0.2) is 5.82 Å². The maximum Gasteiger partial charge on any atom is 0.161 e. The Balaban J connectivity index is 1.92. The third kappa shape index (κ3) is 3.48. The van der Waals surface area contributed by atoms with Gasteiger partial charge in [0, 0.05) is 21.0 Å². The van der Waals surface area contributed by atoms with Gasteiger partial charge in [0.1, 0.15) is 5.15 Å². The molecule has 4 aromatic rings. The zero-order valence-electron chi connectivity index (χ0n) is 13.6. The summed E-state index contributed by atoms with van der Waals surface area (Å²) in [6.07, 6.45) is 0. The summed E-state index contributed by atoms with van der Waals surface area (Å²) >= 11 is 9.98. The molecular weight excluding hydrogens is 408 g/mol. The zero-order chi connectivity index (χ0) is 17.9. The number of hydrogen-bond acceptors (Lipinski definition) is 2. The van der Waals surface area contributed by atoms with Crippen LogP contribution in [0, 0.1) is 11.8 Å². The van der Waals surface area contributed by atoms with Crippen LogP contribution in [0.5, 0.6) is 0 Å². The van der Waals surface area contributed by atoms with Gasteiger partial charge in [-0.1, -0.05) is 87.9 Å². The van der Waals surface area contributed by atoms with Gasteiger partial charge in [-0.05, 0) is 24.3 Å². The van der Waals surface area contributed by atoms with Crippen molar-refractivity contribution in [2.75, 3.05) is 0 Å². The van der Waals surface area contributed by atoms with Crippen LogP contribution >= 0.6 is 27.5 Å². The van der Waals surface area contributed by atoms with E-state index in [0.717, 1.165) is 32.1 Å². The number of aromatic nitrogens is 2. The molecule has 0 saturated carbocycles. The number of hydrogen-bond donors (Lipinski definition) is 0. The van der Waals surface area contributed by atoms with E-state index < -0.39 is 0 Å². The minimum absolute atomic E-state index is 0.415. The summed E-state index contributed by atoms with van der Waals surface area (Å²) in [5, 5.41) is 1.19. The third-order valence-electron chi connectivity index (χ3n) is 3.87. The van der Waals surface area contributed by atoms with E-state index in [1.807, 2.05) is 72.8 Å². The van der Waals surface area contributed by atoms with Gasteiger partial charge in [-0.3, -0.25) is 0 Å². The van der Waals surface area contributed by atoms with E-state index in [-0.39, 0.29) is 0 Å². The Kier molecular flexibility index (Phi) is 4.71. The maximum atomic E-state index is 6.45. The monoisotopic (exact) mass is 418 g/mol. The lowest BCUT2D eigenvalue weighted by molar-refractivity contribution is 1.22. The quantitative estimate of drug-likeness (QED) is 0.275. The third-order valence-corrected chi connectivity index (χ3v) is 4.61. The number of fused-ring (bicyclic) bond motifs is 1. The highest BCUT2D eigenvalue weighted by Crippen LogP contribution is 2.29. The summed E-state index contributed by atoms with van der Waals surface area (Å²) in [5.74, 6) is 7.00. The SMILES string of the molecule is Clc1nc(-c2ccccc2)nc2c(C#Cc3ccccc3)cc(Br)cc12. The first-order chi connectivity index (χ1) is 12.7. The molecule has 4 heteroatoms. The van der Waals surface area contributed by atoms with Crippen LogP contribution in [0.3, 0.4) is 0 Å². The molecule has 124 valence electrons. The van der Waals surface area contributed by atoms with Gasteiger partial charge in [-0.2, -0.15) is 0 Å². The Hall–Kier alpha value is -2.67. The van der Waals surface area contributed by atoms with E-state index >= 15 is 0 Å². The van der Waals surface area contributed by atoms with Gasteiger partial charge in [-0.25, -0.2) is 9.97 Å². The minimum Gasteiger partial charge on any atom is -0.227 e. The first-order valence-corrected chi connectivity index (χ1v) is 9.17. The van der Waals surface area contributed by atoms with Gasteiger partial charge >= 0.3 is 0 Å². The highest BCUT2D eigenvalue weighted by molar-refractivity contribution is 9.10. The van der Waals surface area contributed by atoms with Crippen LogP contribution < -0.4 is 0 Å². The lowest BCUT2D eigenvalue weighted by Gasteiger charge is -2.07. The van der Waals surface area contributed by atoms with Crippen molar-refractivity contribution < 1.29 is 0 Å². The second-order valence-corrected chi connectivity index (χ2v) is 6.94. The fraction of sp³-hybridized carbons (Fsp3) is 0. The summed E-state index contributed by atoms with van der Waals surface area (Å²) < 4.78 is 0.889. The van der Waals surface area contributed by atoms with Crippen molar-refractivity contribution >= 4 is 38.4 Å². The molecule has 2 nitrogen and oxygen atoms in total. The second kappa shape index (κ2) is 7.29. The molecular formula is C22H12BrClN2. The lowest BCUT2D eigenvalue weighted by Crippen LogP contribution is -1.94. The van der Waals surface area contributed by atoms with Gasteiger partial charge in [-0.15, -0.1) is 0 Å². The number of halogens is 2. The average Bonchev–Trinajstić information content (AvgIpc) is 2.68. The highest BCUT2D eigenvalue weighted by atomic mass is 79.9. The van der Waals surface area contributed by atoms with Crippen LogP contribution in [0.2, 0.25) is 5.15 Å². The molecule has 0 unspecified atom stereocenters. The highest BCUT2D eigenvalue weighted by Gasteiger charge is 2.11. The molecule has 0 amide bonds.